The average Bonchev–Trinajstić information content (AvgIpc) is 3.17. The van der Waals surface area contributed by atoms with Crippen molar-refractivity contribution in [3.63, 3.8) is 0 Å². The van der Waals surface area contributed by atoms with E-state index >= 15 is 0 Å². The molecule has 0 spiro atoms. The van der Waals surface area contributed by atoms with Crippen molar-refractivity contribution in [2.24, 2.45) is 5.92 Å². The highest BCUT2D eigenvalue weighted by atomic mass is 32.1. The number of carbonyl (C=O) groups is 2. The van der Waals surface area contributed by atoms with E-state index < -0.39 is 11.9 Å². The number of likely N-dealkylation sites (tertiary alicyclic amines) is 1. The molecular weight excluding hydrogens is 296 g/mol. The Labute approximate surface area is 123 Å². The van der Waals surface area contributed by atoms with Crippen molar-refractivity contribution in [3.8, 4) is 9.88 Å². The van der Waals surface area contributed by atoms with Crippen molar-refractivity contribution < 1.29 is 14.7 Å². The van der Waals surface area contributed by atoms with Crippen LogP contribution in [0.15, 0.2) is 23.7 Å². The first-order valence-electron chi connectivity index (χ1n) is 6.17. The van der Waals surface area contributed by atoms with Gasteiger partial charge in [0.2, 0.25) is 0 Å². The normalized spacial score (nSPS) is 18.4. The van der Waals surface area contributed by atoms with E-state index in [1.165, 1.54) is 11.3 Å². The van der Waals surface area contributed by atoms with Crippen LogP contribution in [0.4, 0.5) is 0 Å². The fourth-order valence-electron chi connectivity index (χ4n) is 2.19. The van der Waals surface area contributed by atoms with Crippen LogP contribution < -0.4 is 0 Å². The fourth-order valence-corrected chi connectivity index (χ4v) is 3.88. The molecule has 0 aliphatic carbocycles. The Morgan fingerprint density at radius 1 is 1.45 bits per heavy atom. The molecule has 1 aliphatic rings. The summed E-state index contributed by atoms with van der Waals surface area (Å²) in [5.74, 6) is -1.39. The predicted molar refractivity (Wildman–Crippen MR) is 77.1 cm³/mol. The molecule has 5 nitrogen and oxygen atoms in total. The molecule has 104 valence electrons. The van der Waals surface area contributed by atoms with Crippen molar-refractivity contribution >= 4 is 34.6 Å². The molecule has 1 fully saturated rings. The molecule has 0 aromatic carbocycles. The highest BCUT2D eigenvalue weighted by Gasteiger charge is 2.32. The van der Waals surface area contributed by atoms with Crippen LogP contribution in [0, 0.1) is 5.92 Å². The second-order valence-corrected chi connectivity index (χ2v) is 6.56. The van der Waals surface area contributed by atoms with Gasteiger partial charge in [-0.1, -0.05) is 6.07 Å². The number of carboxylic acid groups (broad SMARTS) is 1. The number of thiophene rings is 1. The zero-order chi connectivity index (χ0) is 14.1. The lowest BCUT2D eigenvalue weighted by Gasteiger charge is -2.13. The number of carbonyl (C=O) groups excluding carboxylic acids is 1. The first kappa shape index (κ1) is 13.3. The Bertz CT molecular complexity index is 636. The number of rotatable bonds is 3. The van der Waals surface area contributed by atoms with Crippen LogP contribution in [0.1, 0.15) is 16.1 Å². The van der Waals surface area contributed by atoms with Gasteiger partial charge in [0.1, 0.15) is 9.88 Å². The Hall–Kier alpha value is -1.73. The predicted octanol–water partition coefficient (Wildman–Crippen LogP) is 2.42. The minimum atomic E-state index is -0.830. The smallest absolute Gasteiger partial charge is 0.308 e. The summed E-state index contributed by atoms with van der Waals surface area (Å²) in [6.45, 7) is 0.794. The van der Waals surface area contributed by atoms with Crippen molar-refractivity contribution in [2.75, 3.05) is 13.1 Å². The molecule has 20 heavy (non-hydrogen) atoms. The van der Waals surface area contributed by atoms with Crippen molar-refractivity contribution in [1.29, 1.82) is 0 Å². The van der Waals surface area contributed by atoms with Crippen LogP contribution in [0.3, 0.4) is 0 Å². The number of nitrogens with zero attached hydrogens (tertiary/aromatic N) is 2. The molecule has 1 unspecified atom stereocenters. The summed E-state index contributed by atoms with van der Waals surface area (Å²) in [4.78, 5) is 30.7. The molecular formula is C13H12N2O3S2. The van der Waals surface area contributed by atoms with Crippen molar-refractivity contribution in [1.82, 2.24) is 9.88 Å². The number of aromatic nitrogens is 1. The second kappa shape index (κ2) is 5.34. The lowest BCUT2D eigenvalue weighted by Crippen LogP contribution is -2.29. The van der Waals surface area contributed by atoms with Crippen LogP contribution in [0.5, 0.6) is 0 Å². The number of hydrogen-bond donors (Lipinski definition) is 1. The van der Waals surface area contributed by atoms with E-state index in [9.17, 15) is 9.59 Å². The third kappa shape index (κ3) is 2.46. The molecule has 0 saturated carbocycles. The van der Waals surface area contributed by atoms with Crippen molar-refractivity contribution in [3.05, 3.63) is 28.6 Å². The van der Waals surface area contributed by atoms with Gasteiger partial charge >= 0.3 is 5.97 Å². The fraction of sp³-hybridized carbons (Fsp3) is 0.308. The van der Waals surface area contributed by atoms with Crippen LogP contribution in [0.25, 0.3) is 9.88 Å². The van der Waals surface area contributed by atoms with Gasteiger partial charge in [0.05, 0.1) is 17.0 Å². The minimum absolute atomic E-state index is 0.117. The highest BCUT2D eigenvalue weighted by molar-refractivity contribution is 7.21. The van der Waals surface area contributed by atoms with Gasteiger partial charge in [-0.2, -0.15) is 0 Å². The van der Waals surface area contributed by atoms with Gasteiger partial charge in [0.15, 0.2) is 0 Å². The number of thiazole rings is 1. The first-order valence-corrected chi connectivity index (χ1v) is 7.86. The van der Waals surface area contributed by atoms with E-state index in [0.717, 1.165) is 9.88 Å². The summed E-state index contributed by atoms with van der Waals surface area (Å²) < 4.78 is 0. The van der Waals surface area contributed by atoms with Crippen LogP contribution in [0.2, 0.25) is 0 Å². The molecule has 3 rings (SSSR count). The van der Waals surface area contributed by atoms with Gasteiger partial charge < -0.3 is 10.0 Å². The third-order valence-corrected chi connectivity index (χ3v) is 5.30. The van der Waals surface area contributed by atoms with Gasteiger partial charge in [-0.15, -0.1) is 22.7 Å². The molecule has 1 N–H and O–H groups in total. The molecule has 0 radical (unpaired) electrons. The quantitative estimate of drug-likeness (QED) is 0.945. The van der Waals surface area contributed by atoms with Gasteiger partial charge in [-0.05, 0) is 17.9 Å². The van der Waals surface area contributed by atoms with Crippen molar-refractivity contribution in [2.45, 2.75) is 6.42 Å². The summed E-state index contributed by atoms with van der Waals surface area (Å²) >= 11 is 2.94. The maximum atomic E-state index is 12.3. The summed E-state index contributed by atoms with van der Waals surface area (Å²) in [7, 11) is 0. The Morgan fingerprint density at radius 2 is 2.30 bits per heavy atom. The van der Waals surface area contributed by atoms with Crippen LogP contribution in [-0.2, 0) is 4.79 Å². The van der Waals surface area contributed by atoms with Gasteiger partial charge in [-0.3, -0.25) is 9.59 Å². The molecule has 2 aromatic rings. The number of hydrogen-bond acceptors (Lipinski definition) is 5. The average molecular weight is 308 g/mol. The van der Waals surface area contributed by atoms with Gasteiger partial charge in [0.25, 0.3) is 5.91 Å². The number of amides is 1. The Balaban J connectivity index is 1.74. The molecule has 1 atom stereocenters. The summed E-state index contributed by atoms with van der Waals surface area (Å²) in [6.07, 6.45) is 2.10. The maximum absolute atomic E-state index is 12.3. The number of aliphatic carboxylic acids is 1. The topological polar surface area (TPSA) is 70.5 Å². The Kier molecular flexibility index (Phi) is 3.54. The van der Waals surface area contributed by atoms with E-state index in [-0.39, 0.29) is 5.91 Å². The SMILES string of the molecule is O=C(O)C1CCN(C(=O)c2cnc(-c3cccs3)s2)C1. The highest BCUT2D eigenvalue weighted by Crippen LogP contribution is 2.30. The van der Waals surface area contributed by atoms with E-state index in [1.807, 2.05) is 17.5 Å². The largest absolute Gasteiger partial charge is 0.481 e. The lowest BCUT2D eigenvalue weighted by molar-refractivity contribution is -0.141. The lowest BCUT2D eigenvalue weighted by atomic mass is 10.1. The van der Waals surface area contributed by atoms with Gasteiger partial charge in [0, 0.05) is 13.1 Å². The molecule has 1 amide bonds. The van der Waals surface area contributed by atoms with E-state index in [4.69, 9.17) is 5.11 Å². The number of carboxylic acids is 1. The summed E-state index contributed by atoms with van der Waals surface area (Å²) in [5.41, 5.74) is 0. The Morgan fingerprint density at radius 3 is 2.95 bits per heavy atom. The summed E-state index contributed by atoms with van der Waals surface area (Å²) in [6, 6.07) is 3.91. The molecule has 0 bridgehead atoms. The minimum Gasteiger partial charge on any atom is -0.481 e. The monoisotopic (exact) mass is 308 g/mol. The third-order valence-electron chi connectivity index (χ3n) is 3.27. The molecule has 1 saturated heterocycles. The summed E-state index contributed by atoms with van der Waals surface area (Å²) in [5, 5.41) is 11.8. The van der Waals surface area contributed by atoms with E-state index in [0.29, 0.717) is 24.4 Å². The zero-order valence-corrected chi connectivity index (χ0v) is 12.1. The molecule has 3 heterocycles. The van der Waals surface area contributed by atoms with Crippen LogP contribution in [-0.4, -0.2) is 40.0 Å². The first-order chi connectivity index (χ1) is 9.65. The van der Waals surface area contributed by atoms with Crippen LogP contribution >= 0.6 is 22.7 Å². The maximum Gasteiger partial charge on any atom is 0.308 e. The van der Waals surface area contributed by atoms with Gasteiger partial charge in [-0.25, -0.2) is 4.98 Å². The molecule has 2 aromatic heterocycles. The van der Waals surface area contributed by atoms with E-state index in [2.05, 4.69) is 4.98 Å². The zero-order valence-electron chi connectivity index (χ0n) is 10.5. The van der Waals surface area contributed by atoms with E-state index in [1.54, 1.807) is 22.4 Å². The molecule has 7 heteroatoms. The molecule has 1 aliphatic heterocycles. The second-order valence-electron chi connectivity index (χ2n) is 4.58. The standard InChI is InChI=1S/C13H12N2O3S2/c16-12(15-4-3-8(7-15)13(17)18)10-6-14-11(20-10)9-2-1-5-19-9/h1-2,5-6,8H,3-4,7H2,(H,17,18).